The van der Waals surface area contributed by atoms with Gasteiger partial charge in [-0.2, -0.15) is 13.8 Å². The topological polar surface area (TPSA) is 38.9 Å². The fourth-order valence-electron chi connectivity index (χ4n) is 0.627. The van der Waals surface area contributed by atoms with Crippen molar-refractivity contribution < 1.29 is 13.2 Å². The molecular formula is C6H5F3N2. The van der Waals surface area contributed by atoms with Crippen molar-refractivity contribution in [1.29, 1.82) is 0 Å². The number of halogens is 3. The second-order valence-corrected chi connectivity index (χ2v) is 1.92. The Balaban J connectivity index is 3.21. The van der Waals surface area contributed by atoms with Gasteiger partial charge < -0.3 is 5.73 Å². The van der Waals surface area contributed by atoms with Gasteiger partial charge in [0.2, 0.25) is 5.95 Å². The highest BCUT2D eigenvalue weighted by molar-refractivity contribution is 5.12. The number of nitrogens with two attached hydrogens (primary N) is 1. The van der Waals surface area contributed by atoms with Gasteiger partial charge in [0.15, 0.2) is 5.82 Å². The van der Waals surface area contributed by atoms with Crippen LogP contribution in [0.25, 0.3) is 0 Å². The number of aromatic nitrogens is 1. The van der Waals surface area contributed by atoms with E-state index in [1.54, 1.807) is 0 Å². The number of hydrogen-bond acceptors (Lipinski definition) is 2. The van der Waals surface area contributed by atoms with Crippen LogP contribution in [0.5, 0.6) is 0 Å². The molecule has 0 unspecified atom stereocenters. The van der Waals surface area contributed by atoms with Crippen molar-refractivity contribution in [1.82, 2.24) is 4.98 Å². The maximum absolute atomic E-state index is 12.4. The van der Waals surface area contributed by atoms with Gasteiger partial charge in [-0.25, -0.2) is 4.39 Å². The zero-order valence-electron chi connectivity index (χ0n) is 5.44. The molecule has 0 radical (unpaired) electrons. The fourth-order valence-corrected chi connectivity index (χ4v) is 0.627. The van der Waals surface area contributed by atoms with Gasteiger partial charge in [-0.3, -0.25) is 0 Å². The van der Waals surface area contributed by atoms with Crippen LogP contribution in [0.4, 0.5) is 13.2 Å². The molecule has 0 aliphatic rings. The largest absolute Gasteiger partial charge is 0.326 e. The van der Waals surface area contributed by atoms with Crippen molar-refractivity contribution in [2.45, 2.75) is 6.54 Å². The molecule has 11 heavy (non-hydrogen) atoms. The van der Waals surface area contributed by atoms with E-state index < -0.39 is 17.7 Å². The van der Waals surface area contributed by atoms with Crippen LogP contribution in [0.3, 0.4) is 0 Å². The lowest BCUT2D eigenvalue weighted by Crippen LogP contribution is -2.04. The molecule has 0 fully saturated rings. The minimum absolute atomic E-state index is 0.135. The van der Waals surface area contributed by atoms with Crippen LogP contribution in [0, 0.1) is 17.7 Å². The highest BCUT2D eigenvalue weighted by atomic mass is 19.2. The molecule has 1 aromatic heterocycles. The molecule has 5 heteroatoms. The molecule has 2 nitrogen and oxygen atoms in total. The predicted molar refractivity (Wildman–Crippen MR) is 32.0 cm³/mol. The van der Waals surface area contributed by atoms with Gasteiger partial charge >= 0.3 is 0 Å². The van der Waals surface area contributed by atoms with Crippen LogP contribution >= 0.6 is 0 Å². The molecule has 1 heterocycles. The average molecular weight is 162 g/mol. The smallest absolute Gasteiger partial charge is 0.251 e. The predicted octanol–water partition coefficient (Wildman–Crippen LogP) is 0.958. The number of hydrogen-bond donors (Lipinski definition) is 1. The van der Waals surface area contributed by atoms with Crippen LogP contribution in [-0.4, -0.2) is 4.98 Å². The van der Waals surface area contributed by atoms with Gasteiger partial charge in [-0.1, -0.05) is 0 Å². The summed E-state index contributed by atoms with van der Waals surface area (Å²) in [5, 5.41) is 0. The monoisotopic (exact) mass is 162 g/mol. The average Bonchev–Trinajstić information content (AvgIpc) is 1.97. The Kier molecular flexibility index (Phi) is 2.09. The molecule has 1 rings (SSSR count). The van der Waals surface area contributed by atoms with Crippen LogP contribution in [-0.2, 0) is 6.54 Å². The summed E-state index contributed by atoms with van der Waals surface area (Å²) < 4.78 is 36.8. The van der Waals surface area contributed by atoms with Crippen LogP contribution in [0.1, 0.15) is 5.56 Å². The lowest BCUT2D eigenvalue weighted by atomic mass is 10.3. The summed E-state index contributed by atoms with van der Waals surface area (Å²) in [7, 11) is 0. The first-order valence-corrected chi connectivity index (χ1v) is 2.85. The number of nitrogens with zero attached hydrogens (tertiary/aromatic N) is 1. The zero-order valence-corrected chi connectivity index (χ0v) is 5.44. The molecule has 60 valence electrons. The summed E-state index contributed by atoms with van der Waals surface area (Å²) in [5.74, 6) is -3.70. The summed E-state index contributed by atoms with van der Waals surface area (Å²) in [4.78, 5) is 2.66. The number of pyridine rings is 1. The Morgan fingerprint density at radius 2 is 1.91 bits per heavy atom. The Bertz CT molecular complexity index is 275. The van der Waals surface area contributed by atoms with E-state index in [2.05, 4.69) is 4.98 Å². The summed E-state index contributed by atoms with van der Waals surface area (Å²) >= 11 is 0. The van der Waals surface area contributed by atoms with E-state index in [0.717, 1.165) is 0 Å². The summed E-state index contributed by atoms with van der Waals surface area (Å²) in [6.07, 6.45) is 0. The molecule has 0 saturated carbocycles. The number of rotatable bonds is 1. The summed E-state index contributed by atoms with van der Waals surface area (Å²) in [6, 6.07) is 0.692. The highest BCUT2D eigenvalue weighted by Gasteiger charge is 2.09. The van der Waals surface area contributed by atoms with Gasteiger partial charge in [0.05, 0.1) is 0 Å². The van der Waals surface area contributed by atoms with Crippen LogP contribution in [0.2, 0.25) is 0 Å². The SMILES string of the molecule is NCc1cc(F)c(F)nc1F. The van der Waals surface area contributed by atoms with Crippen molar-refractivity contribution >= 4 is 0 Å². The molecule has 0 aliphatic carbocycles. The highest BCUT2D eigenvalue weighted by Crippen LogP contribution is 2.08. The van der Waals surface area contributed by atoms with E-state index in [4.69, 9.17) is 5.73 Å². The van der Waals surface area contributed by atoms with Crippen molar-refractivity contribution in [2.75, 3.05) is 0 Å². The van der Waals surface area contributed by atoms with Gasteiger partial charge in [0, 0.05) is 12.1 Å². The molecule has 0 atom stereocenters. The fraction of sp³-hybridized carbons (Fsp3) is 0.167. The molecule has 0 spiro atoms. The van der Waals surface area contributed by atoms with Crippen LogP contribution in [0.15, 0.2) is 6.07 Å². The third-order valence-electron chi connectivity index (χ3n) is 1.18. The quantitative estimate of drug-likeness (QED) is 0.624. The Morgan fingerprint density at radius 1 is 1.27 bits per heavy atom. The van der Waals surface area contributed by atoms with E-state index in [9.17, 15) is 13.2 Å². The molecule has 0 amide bonds. The minimum Gasteiger partial charge on any atom is -0.326 e. The van der Waals surface area contributed by atoms with Crippen molar-refractivity contribution in [3.63, 3.8) is 0 Å². The Morgan fingerprint density at radius 3 is 2.45 bits per heavy atom. The molecular weight excluding hydrogens is 157 g/mol. The van der Waals surface area contributed by atoms with E-state index >= 15 is 0 Å². The molecule has 2 N–H and O–H groups in total. The Labute approximate surface area is 60.9 Å². The van der Waals surface area contributed by atoms with E-state index in [-0.39, 0.29) is 12.1 Å². The molecule has 0 saturated heterocycles. The third kappa shape index (κ3) is 1.48. The lowest BCUT2D eigenvalue weighted by Gasteiger charge is -1.98. The van der Waals surface area contributed by atoms with Crippen molar-refractivity contribution in [3.8, 4) is 0 Å². The van der Waals surface area contributed by atoms with Crippen molar-refractivity contribution in [3.05, 3.63) is 29.3 Å². The first kappa shape index (κ1) is 8.00. The second-order valence-electron chi connectivity index (χ2n) is 1.92. The first-order valence-electron chi connectivity index (χ1n) is 2.85. The third-order valence-corrected chi connectivity index (χ3v) is 1.18. The van der Waals surface area contributed by atoms with Gasteiger partial charge in [-0.05, 0) is 6.07 Å². The lowest BCUT2D eigenvalue weighted by molar-refractivity contribution is 0.441. The van der Waals surface area contributed by atoms with E-state index in [1.807, 2.05) is 0 Å². The van der Waals surface area contributed by atoms with E-state index in [1.165, 1.54) is 0 Å². The molecule has 0 aliphatic heterocycles. The van der Waals surface area contributed by atoms with Gasteiger partial charge in [0.1, 0.15) is 0 Å². The van der Waals surface area contributed by atoms with Crippen molar-refractivity contribution in [2.24, 2.45) is 5.73 Å². The summed E-state index contributed by atoms with van der Waals surface area (Å²) in [5.41, 5.74) is 4.87. The normalized spacial score (nSPS) is 10.2. The molecule has 1 aromatic rings. The standard InChI is InChI=1S/C6H5F3N2/c7-4-1-3(2-10)5(8)11-6(4)9/h1H,2,10H2. The summed E-state index contributed by atoms with van der Waals surface area (Å²) in [6.45, 7) is -0.198. The second kappa shape index (κ2) is 2.87. The first-order chi connectivity index (χ1) is 5.15. The Hall–Kier alpha value is -1.10. The van der Waals surface area contributed by atoms with Gasteiger partial charge in [0.25, 0.3) is 5.95 Å². The molecule has 0 aromatic carbocycles. The van der Waals surface area contributed by atoms with Crippen LogP contribution < -0.4 is 5.73 Å². The van der Waals surface area contributed by atoms with Gasteiger partial charge in [-0.15, -0.1) is 0 Å². The minimum atomic E-state index is -1.44. The van der Waals surface area contributed by atoms with E-state index in [0.29, 0.717) is 6.07 Å². The molecule has 0 bridgehead atoms. The maximum atomic E-state index is 12.4. The zero-order chi connectivity index (χ0) is 8.43. The maximum Gasteiger partial charge on any atom is 0.251 e.